The minimum atomic E-state index is 0.860. The summed E-state index contributed by atoms with van der Waals surface area (Å²) in [5, 5.41) is 16.5. The molecule has 26 heavy (non-hydrogen) atoms. The molecule has 0 aliphatic heterocycles. The molecule has 4 aromatic rings. The van der Waals surface area contributed by atoms with E-state index < -0.39 is 0 Å². The zero-order valence-corrected chi connectivity index (χ0v) is 15.8. The van der Waals surface area contributed by atoms with Crippen molar-refractivity contribution in [1.82, 2.24) is 25.2 Å². The van der Waals surface area contributed by atoms with Gasteiger partial charge in [-0.1, -0.05) is 36.4 Å². The Morgan fingerprint density at radius 2 is 1.85 bits per heavy atom. The topological polar surface area (TPSA) is 59.4 Å². The van der Waals surface area contributed by atoms with Gasteiger partial charge in [-0.15, -0.1) is 16.9 Å². The van der Waals surface area contributed by atoms with Crippen molar-refractivity contribution in [3.63, 3.8) is 0 Å². The van der Waals surface area contributed by atoms with E-state index in [0.29, 0.717) is 0 Å². The van der Waals surface area contributed by atoms with Crippen LogP contribution in [0.1, 0.15) is 23.9 Å². The number of aromatic nitrogens is 5. The van der Waals surface area contributed by atoms with Gasteiger partial charge in [0.05, 0.1) is 16.9 Å². The lowest BCUT2D eigenvalue weighted by atomic mass is 10.1. The Kier molecular flexibility index (Phi) is 4.75. The van der Waals surface area contributed by atoms with Crippen molar-refractivity contribution >= 4 is 22.8 Å². The molecule has 0 amide bonds. The Morgan fingerprint density at radius 1 is 1.04 bits per heavy atom. The number of fused-ring (bicyclic) bond motifs is 1. The normalized spacial score (nSPS) is 11.3. The van der Waals surface area contributed by atoms with E-state index in [1.54, 1.807) is 11.8 Å². The maximum atomic E-state index is 4.58. The minimum Gasteiger partial charge on any atom is -0.280 e. The molecular weight excluding hydrogens is 342 g/mol. The lowest BCUT2D eigenvalue weighted by Gasteiger charge is -2.06. The van der Waals surface area contributed by atoms with Crippen LogP contribution in [-0.4, -0.2) is 31.4 Å². The van der Waals surface area contributed by atoms with Crippen LogP contribution in [0.25, 0.3) is 16.7 Å². The van der Waals surface area contributed by atoms with Gasteiger partial charge in [0.15, 0.2) is 0 Å². The molecule has 0 radical (unpaired) electrons. The SMILES string of the molecule is CCc1[nH]nc(CCc2ccc(SC)cc2)c1-n1nnc2ccccc21. The monoisotopic (exact) mass is 363 g/mol. The number of rotatable bonds is 6. The maximum Gasteiger partial charge on any atom is 0.113 e. The van der Waals surface area contributed by atoms with Crippen LogP contribution in [0.3, 0.4) is 0 Å². The molecule has 132 valence electrons. The molecule has 1 N–H and O–H groups in total. The number of H-pyrrole nitrogens is 1. The highest BCUT2D eigenvalue weighted by Crippen LogP contribution is 2.23. The van der Waals surface area contributed by atoms with E-state index in [2.05, 4.69) is 58.0 Å². The smallest absolute Gasteiger partial charge is 0.113 e. The van der Waals surface area contributed by atoms with Gasteiger partial charge in [0, 0.05) is 4.90 Å². The number of hydrogen-bond donors (Lipinski definition) is 1. The molecule has 0 spiro atoms. The van der Waals surface area contributed by atoms with E-state index in [1.165, 1.54) is 10.5 Å². The highest BCUT2D eigenvalue weighted by Gasteiger charge is 2.17. The predicted molar refractivity (Wildman–Crippen MR) is 106 cm³/mol. The second-order valence-electron chi connectivity index (χ2n) is 6.19. The van der Waals surface area contributed by atoms with Crippen molar-refractivity contribution in [3.05, 3.63) is 65.5 Å². The Balaban J connectivity index is 1.66. The largest absolute Gasteiger partial charge is 0.280 e. The van der Waals surface area contributed by atoms with Crippen LogP contribution in [0, 0.1) is 0 Å². The summed E-state index contributed by atoms with van der Waals surface area (Å²) >= 11 is 1.76. The van der Waals surface area contributed by atoms with Crippen LogP contribution >= 0.6 is 11.8 Å². The molecule has 0 bridgehead atoms. The number of thioether (sulfide) groups is 1. The third-order valence-electron chi connectivity index (χ3n) is 4.61. The first-order valence-corrected chi connectivity index (χ1v) is 10.0. The lowest BCUT2D eigenvalue weighted by molar-refractivity contribution is 0.796. The van der Waals surface area contributed by atoms with Gasteiger partial charge in [0.25, 0.3) is 0 Å². The van der Waals surface area contributed by atoms with Crippen molar-refractivity contribution < 1.29 is 0 Å². The molecule has 0 fully saturated rings. The van der Waals surface area contributed by atoms with E-state index in [-0.39, 0.29) is 0 Å². The number of aromatic amines is 1. The van der Waals surface area contributed by atoms with Gasteiger partial charge in [-0.05, 0) is 55.3 Å². The van der Waals surface area contributed by atoms with Gasteiger partial charge < -0.3 is 0 Å². The van der Waals surface area contributed by atoms with Gasteiger partial charge in [-0.2, -0.15) is 5.10 Å². The first kappa shape index (κ1) is 16.8. The maximum absolute atomic E-state index is 4.58. The fourth-order valence-electron chi connectivity index (χ4n) is 3.17. The average molecular weight is 363 g/mol. The van der Waals surface area contributed by atoms with E-state index in [1.807, 2.05) is 28.9 Å². The van der Waals surface area contributed by atoms with Crippen molar-refractivity contribution in [1.29, 1.82) is 0 Å². The van der Waals surface area contributed by atoms with E-state index in [0.717, 1.165) is 47.4 Å². The Bertz CT molecular complexity index is 1020. The second-order valence-corrected chi connectivity index (χ2v) is 7.07. The molecule has 0 saturated heterocycles. The van der Waals surface area contributed by atoms with Gasteiger partial charge in [0.1, 0.15) is 11.2 Å². The molecule has 0 atom stereocenters. The molecule has 4 rings (SSSR count). The highest BCUT2D eigenvalue weighted by molar-refractivity contribution is 7.98. The Morgan fingerprint density at radius 3 is 2.62 bits per heavy atom. The Labute approximate surface area is 156 Å². The van der Waals surface area contributed by atoms with E-state index in [9.17, 15) is 0 Å². The second kappa shape index (κ2) is 7.33. The van der Waals surface area contributed by atoms with Crippen LogP contribution in [0.2, 0.25) is 0 Å². The Hall–Kier alpha value is -2.60. The zero-order valence-electron chi connectivity index (χ0n) is 14.9. The fourth-order valence-corrected chi connectivity index (χ4v) is 3.58. The standard InChI is InChI=1S/C20H21N5S/c1-3-16-20(25-19-7-5-4-6-17(19)23-24-25)18(22-21-16)13-10-14-8-11-15(26-2)12-9-14/h4-9,11-12H,3,10,13H2,1-2H3,(H,21,22). The van der Waals surface area contributed by atoms with Crippen LogP contribution in [-0.2, 0) is 19.3 Å². The van der Waals surface area contributed by atoms with Crippen molar-refractivity contribution in [2.45, 2.75) is 31.1 Å². The summed E-state index contributed by atoms with van der Waals surface area (Å²) in [6.07, 6.45) is 4.78. The summed E-state index contributed by atoms with van der Waals surface area (Å²) in [6, 6.07) is 16.8. The van der Waals surface area contributed by atoms with Crippen LogP contribution in [0.5, 0.6) is 0 Å². The lowest BCUT2D eigenvalue weighted by Crippen LogP contribution is -2.04. The summed E-state index contributed by atoms with van der Waals surface area (Å²) < 4.78 is 1.92. The third kappa shape index (κ3) is 3.12. The van der Waals surface area contributed by atoms with Crippen LogP contribution < -0.4 is 0 Å². The molecule has 2 aromatic heterocycles. The van der Waals surface area contributed by atoms with Gasteiger partial charge in [-0.25, -0.2) is 4.68 Å². The fraction of sp³-hybridized carbons (Fsp3) is 0.250. The molecule has 5 nitrogen and oxygen atoms in total. The number of nitrogens with one attached hydrogen (secondary N) is 1. The highest BCUT2D eigenvalue weighted by atomic mass is 32.2. The van der Waals surface area contributed by atoms with Crippen LogP contribution in [0.4, 0.5) is 0 Å². The summed E-state index contributed by atoms with van der Waals surface area (Å²) in [5.41, 5.74) is 6.39. The first-order valence-electron chi connectivity index (χ1n) is 8.80. The zero-order chi connectivity index (χ0) is 17.9. The molecular formula is C20H21N5S. The van der Waals surface area contributed by atoms with Crippen molar-refractivity contribution in [3.8, 4) is 5.69 Å². The molecule has 2 heterocycles. The average Bonchev–Trinajstić information content (AvgIpc) is 3.30. The number of para-hydroxylation sites is 1. The molecule has 0 aliphatic rings. The quantitative estimate of drug-likeness (QED) is 0.521. The number of aryl methyl sites for hydroxylation is 3. The summed E-state index contributed by atoms with van der Waals surface area (Å²) in [6.45, 7) is 2.13. The van der Waals surface area contributed by atoms with Gasteiger partial charge in [0.2, 0.25) is 0 Å². The van der Waals surface area contributed by atoms with Crippen molar-refractivity contribution in [2.24, 2.45) is 0 Å². The number of benzene rings is 2. The number of hydrogen-bond acceptors (Lipinski definition) is 4. The molecule has 0 unspecified atom stereocenters. The predicted octanol–water partition coefficient (Wildman–Crippen LogP) is 4.21. The van der Waals surface area contributed by atoms with E-state index >= 15 is 0 Å². The molecule has 2 aromatic carbocycles. The molecule has 0 saturated carbocycles. The van der Waals surface area contributed by atoms with Crippen LogP contribution in [0.15, 0.2) is 53.4 Å². The van der Waals surface area contributed by atoms with Crippen molar-refractivity contribution in [2.75, 3.05) is 6.26 Å². The first-order chi connectivity index (χ1) is 12.8. The third-order valence-corrected chi connectivity index (χ3v) is 5.36. The van der Waals surface area contributed by atoms with Gasteiger partial charge >= 0.3 is 0 Å². The minimum absolute atomic E-state index is 0.860. The van der Waals surface area contributed by atoms with Gasteiger partial charge in [-0.3, -0.25) is 5.10 Å². The van der Waals surface area contributed by atoms with E-state index in [4.69, 9.17) is 0 Å². The summed E-state index contributed by atoms with van der Waals surface area (Å²) in [5.74, 6) is 0. The number of nitrogens with zero attached hydrogens (tertiary/aromatic N) is 4. The summed E-state index contributed by atoms with van der Waals surface area (Å²) in [4.78, 5) is 1.29. The summed E-state index contributed by atoms with van der Waals surface area (Å²) in [7, 11) is 0. The molecule has 6 heteroatoms. The molecule has 0 aliphatic carbocycles.